The first-order chi connectivity index (χ1) is 10.9. The molecule has 0 spiro atoms. The van der Waals surface area contributed by atoms with Gasteiger partial charge in [-0.1, -0.05) is 48.5 Å². The van der Waals surface area contributed by atoms with Gasteiger partial charge in [0.25, 0.3) is 0 Å². The number of nitrogens with zero attached hydrogens (tertiary/aromatic N) is 1. The minimum Gasteiger partial charge on any atom is -0.492 e. The molecular formula is C19H25ClN2O. The van der Waals surface area contributed by atoms with E-state index < -0.39 is 0 Å². The van der Waals surface area contributed by atoms with Crippen molar-refractivity contribution in [3.63, 3.8) is 0 Å². The second kappa shape index (κ2) is 9.56. The highest BCUT2D eigenvalue weighted by Crippen LogP contribution is 2.21. The lowest BCUT2D eigenvalue weighted by molar-refractivity contribution is 0.190. The molecule has 0 aromatic heterocycles. The summed E-state index contributed by atoms with van der Waals surface area (Å²) in [4.78, 5) is 2.45. The van der Waals surface area contributed by atoms with Gasteiger partial charge < -0.3 is 10.1 Å². The van der Waals surface area contributed by atoms with Gasteiger partial charge in [0.15, 0.2) is 0 Å². The van der Waals surface area contributed by atoms with E-state index in [9.17, 15) is 0 Å². The minimum absolute atomic E-state index is 0. The first kappa shape index (κ1) is 17.8. The molecule has 1 N–H and O–H groups in total. The molecule has 1 saturated heterocycles. The Balaban J connectivity index is 0.00000192. The first-order valence-electron chi connectivity index (χ1n) is 8.09. The SMILES string of the molecule is Cl.c1ccc(Cc2ccccc2OCCN2CCNCC2)cc1. The predicted octanol–water partition coefficient (Wildman–Crippen LogP) is 2.98. The summed E-state index contributed by atoms with van der Waals surface area (Å²) < 4.78 is 6.05. The van der Waals surface area contributed by atoms with E-state index in [0.717, 1.165) is 51.5 Å². The molecule has 1 heterocycles. The van der Waals surface area contributed by atoms with Crippen LogP contribution in [0.1, 0.15) is 11.1 Å². The van der Waals surface area contributed by atoms with Crippen LogP contribution >= 0.6 is 12.4 Å². The number of nitrogens with one attached hydrogen (secondary N) is 1. The van der Waals surface area contributed by atoms with E-state index in [1.807, 2.05) is 0 Å². The standard InChI is InChI=1S/C19H24N2O.ClH/c1-2-6-17(7-3-1)16-18-8-4-5-9-19(18)22-15-14-21-12-10-20-11-13-21;/h1-9,20H,10-16H2;1H. The van der Waals surface area contributed by atoms with Crippen molar-refractivity contribution in [2.75, 3.05) is 39.3 Å². The maximum absolute atomic E-state index is 6.05. The van der Waals surface area contributed by atoms with Gasteiger partial charge in [0, 0.05) is 39.1 Å². The van der Waals surface area contributed by atoms with Crippen LogP contribution in [0.4, 0.5) is 0 Å². The minimum atomic E-state index is 0. The fourth-order valence-electron chi connectivity index (χ4n) is 2.83. The lowest BCUT2D eigenvalue weighted by atomic mass is 10.0. The smallest absolute Gasteiger partial charge is 0.122 e. The lowest BCUT2D eigenvalue weighted by Gasteiger charge is -2.27. The number of benzene rings is 2. The van der Waals surface area contributed by atoms with E-state index in [1.54, 1.807) is 0 Å². The summed E-state index contributed by atoms with van der Waals surface area (Å²) in [5.74, 6) is 1.02. The normalized spacial score (nSPS) is 15.0. The van der Waals surface area contributed by atoms with Crippen molar-refractivity contribution in [3.8, 4) is 5.75 Å². The molecule has 2 aromatic carbocycles. The molecule has 3 nitrogen and oxygen atoms in total. The maximum atomic E-state index is 6.05. The average Bonchev–Trinajstić information content (AvgIpc) is 2.58. The van der Waals surface area contributed by atoms with E-state index in [1.165, 1.54) is 11.1 Å². The molecule has 2 aromatic rings. The Morgan fingerprint density at radius 1 is 0.913 bits per heavy atom. The number of piperazine rings is 1. The van der Waals surface area contributed by atoms with Crippen molar-refractivity contribution < 1.29 is 4.74 Å². The van der Waals surface area contributed by atoms with Gasteiger partial charge in [-0.05, 0) is 17.2 Å². The molecule has 3 rings (SSSR count). The summed E-state index contributed by atoms with van der Waals surface area (Å²) in [6.45, 7) is 6.17. The highest BCUT2D eigenvalue weighted by Gasteiger charge is 2.10. The molecule has 23 heavy (non-hydrogen) atoms. The number of para-hydroxylation sites is 1. The average molecular weight is 333 g/mol. The van der Waals surface area contributed by atoms with Crippen molar-refractivity contribution in [1.29, 1.82) is 0 Å². The molecule has 124 valence electrons. The Labute approximate surface area is 145 Å². The van der Waals surface area contributed by atoms with Gasteiger partial charge in [0.1, 0.15) is 12.4 Å². The summed E-state index contributed by atoms with van der Waals surface area (Å²) in [5.41, 5.74) is 2.58. The van der Waals surface area contributed by atoms with Crippen molar-refractivity contribution in [2.45, 2.75) is 6.42 Å². The van der Waals surface area contributed by atoms with Gasteiger partial charge in [0.2, 0.25) is 0 Å². The maximum Gasteiger partial charge on any atom is 0.122 e. The van der Waals surface area contributed by atoms with Crippen LogP contribution in [0, 0.1) is 0 Å². The second-order valence-electron chi connectivity index (χ2n) is 5.71. The van der Waals surface area contributed by atoms with Crippen LogP contribution in [0.5, 0.6) is 5.75 Å². The van der Waals surface area contributed by atoms with E-state index in [0.29, 0.717) is 0 Å². The fourth-order valence-corrected chi connectivity index (χ4v) is 2.83. The molecule has 1 fully saturated rings. The van der Waals surface area contributed by atoms with Gasteiger partial charge >= 0.3 is 0 Å². The molecule has 4 heteroatoms. The zero-order valence-corrected chi connectivity index (χ0v) is 14.2. The molecule has 0 amide bonds. The number of hydrogen-bond donors (Lipinski definition) is 1. The van der Waals surface area contributed by atoms with Crippen LogP contribution in [0.3, 0.4) is 0 Å². The summed E-state index contributed by atoms with van der Waals surface area (Å²) in [6, 6.07) is 18.9. The summed E-state index contributed by atoms with van der Waals surface area (Å²) >= 11 is 0. The lowest BCUT2D eigenvalue weighted by Crippen LogP contribution is -2.44. The van der Waals surface area contributed by atoms with Crippen LogP contribution in [0.25, 0.3) is 0 Å². The highest BCUT2D eigenvalue weighted by atomic mass is 35.5. The van der Waals surface area contributed by atoms with Crippen LogP contribution in [-0.4, -0.2) is 44.2 Å². The fraction of sp³-hybridized carbons (Fsp3) is 0.368. The Hall–Kier alpha value is -1.55. The third-order valence-electron chi connectivity index (χ3n) is 4.08. The summed E-state index contributed by atoms with van der Waals surface area (Å²) in [6.07, 6.45) is 0.921. The summed E-state index contributed by atoms with van der Waals surface area (Å²) in [7, 11) is 0. The Morgan fingerprint density at radius 3 is 2.39 bits per heavy atom. The third-order valence-corrected chi connectivity index (χ3v) is 4.08. The van der Waals surface area contributed by atoms with Gasteiger partial charge in [0.05, 0.1) is 0 Å². The van der Waals surface area contributed by atoms with E-state index >= 15 is 0 Å². The van der Waals surface area contributed by atoms with Gasteiger partial charge in [-0.15, -0.1) is 12.4 Å². The number of halogens is 1. The van der Waals surface area contributed by atoms with Crippen LogP contribution in [0.2, 0.25) is 0 Å². The van der Waals surface area contributed by atoms with Gasteiger partial charge in [-0.2, -0.15) is 0 Å². The molecule has 0 saturated carbocycles. The van der Waals surface area contributed by atoms with Crippen LogP contribution in [-0.2, 0) is 6.42 Å². The Morgan fingerprint density at radius 2 is 1.61 bits per heavy atom. The number of ether oxygens (including phenoxy) is 1. The van der Waals surface area contributed by atoms with Crippen LogP contribution in [0.15, 0.2) is 54.6 Å². The van der Waals surface area contributed by atoms with Crippen molar-refractivity contribution in [1.82, 2.24) is 10.2 Å². The van der Waals surface area contributed by atoms with Gasteiger partial charge in [-0.25, -0.2) is 0 Å². The van der Waals surface area contributed by atoms with E-state index in [4.69, 9.17) is 4.74 Å². The van der Waals surface area contributed by atoms with Gasteiger partial charge in [-0.3, -0.25) is 4.90 Å². The number of hydrogen-bond acceptors (Lipinski definition) is 3. The largest absolute Gasteiger partial charge is 0.492 e. The molecule has 0 radical (unpaired) electrons. The zero-order chi connectivity index (χ0) is 15.0. The van der Waals surface area contributed by atoms with Crippen molar-refractivity contribution in [3.05, 3.63) is 65.7 Å². The Bertz CT molecular complexity index is 571. The first-order valence-corrected chi connectivity index (χ1v) is 8.09. The number of rotatable bonds is 6. The van der Waals surface area contributed by atoms with Crippen LogP contribution < -0.4 is 10.1 Å². The second-order valence-corrected chi connectivity index (χ2v) is 5.71. The molecule has 1 aliphatic heterocycles. The predicted molar refractivity (Wildman–Crippen MR) is 97.7 cm³/mol. The molecule has 0 unspecified atom stereocenters. The molecule has 0 bridgehead atoms. The highest BCUT2D eigenvalue weighted by molar-refractivity contribution is 5.85. The molecule has 0 aliphatic carbocycles. The Kier molecular flexibility index (Phi) is 7.40. The van der Waals surface area contributed by atoms with E-state index in [2.05, 4.69) is 64.8 Å². The van der Waals surface area contributed by atoms with E-state index in [-0.39, 0.29) is 12.4 Å². The van der Waals surface area contributed by atoms with Crippen molar-refractivity contribution >= 4 is 12.4 Å². The zero-order valence-electron chi connectivity index (χ0n) is 13.4. The third kappa shape index (κ3) is 5.54. The molecular weight excluding hydrogens is 308 g/mol. The monoisotopic (exact) mass is 332 g/mol. The molecule has 0 atom stereocenters. The van der Waals surface area contributed by atoms with Crippen molar-refractivity contribution in [2.24, 2.45) is 0 Å². The quantitative estimate of drug-likeness (QED) is 0.880. The topological polar surface area (TPSA) is 24.5 Å². The summed E-state index contributed by atoms with van der Waals surface area (Å²) in [5, 5.41) is 3.38. The molecule has 1 aliphatic rings.